The summed E-state index contributed by atoms with van der Waals surface area (Å²) in [6.07, 6.45) is 1.24. The van der Waals surface area contributed by atoms with Gasteiger partial charge in [0.2, 0.25) is 0 Å². The van der Waals surface area contributed by atoms with Crippen LogP contribution in [0.4, 0.5) is 17.1 Å². The molecule has 156 valence electrons. The lowest BCUT2D eigenvalue weighted by Crippen LogP contribution is -2.26. The second-order valence-corrected chi connectivity index (χ2v) is 6.91. The van der Waals surface area contributed by atoms with E-state index in [1.165, 1.54) is 24.3 Å². The molecule has 0 spiro atoms. The second kappa shape index (κ2) is 9.49. The van der Waals surface area contributed by atoms with Crippen LogP contribution in [0.5, 0.6) is 0 Å². The number of rotatable bonds is 6. The molecule has 3 rings (SSSR count). The summed E-state index contributed by atoms with van der Waals surface area (Å²) in [5.74, 6) is -1.34. The number of benzene rings is 3. The molecule has 0 unspecified atom stereocenters. The lowest BCUT2D eigenvalue weighted by atomic mass is 10.1. The number of carbonyl (C=O) groups is 2. The van der Waals surface area contributed by atoms with Crippen molar-refractivity contribution in [2.45, 2.75) is 13.8 Å². The standard InChI is InChI=1S/C24H21N3O4/c1-16-9-3-6-12-20(16)25-23(28)19(15-18-11-5-8-14-22(18)27(30)31)24(29)26-21-13-7-4-10-17(21)2/h3-15H,1-2H3,(H,25,28)(H,26,29). The van der Waals surface area contributed by atoms with Crippen molar-refractivity contribution >= 4 is 35.0 Å². The first kappa shape index (κ1) is 21.4. The van der Waals surface area contributed by atoms with E-state index >= 15 is 0 Å². The molecule has 7 heteroatoms. The summed E-state index contributed by atoms with van der Waals surface area (Å²) in [6.45, 7) is 3.66. The molecule has 3 aromatic rings. The third kappa shape index (κ3) is 5.22. The van der Waals surface area contributed by atoms with Crippen LogP contribution in [0.3, 0.4) is 0 Å². The summed E-state index contributed by atoms with van der Waals surface area (Å²) in [4.78, 5) is 36.9. The minimum atomic E-state index is -0.668. The molecule has 2 amide bonds. The summed E-state index contributed by atoms with van der Waals surface area (Å²) in [5, 5.41) is 16.8. The smallest absolute Gasteiger partial charge is 0.276 e. The Morgan fingerprint density at radius 1 is 0.774 bits per heavy atom. The average molecular weight is 415 g/mol. The number of nitrogens with zero attached hydrogens (tertiary/aromatic N) is 1. The number of anilines is 2. The first-order valence-electron chi connectivity index (χ1n) is 9.56. The molecule has 0 aliphatic rings. The maximum absolute atomic E-state index is 13.1. The fourth-order valence-electron chi connectivity index (χ4n) is 2.97. The third-order valence-electron chi connectivity index (χ3n) is 4.71. The van der Waals surface area contributed by atoms with Gasteiger partial charge >= 0.3 is 0 Å². The van der Waals surface area contributed by atoms with E-state index in [-0.39, 0.29) is 16.8 Å². The lowest BCUT2D eigenvalue weighted by molar-refractivity contribution is -0.385. The van der Waals surface area contributed by atoms with Gasteiger partial charge in [-0.05, 0) is 49.2 Å². The van der Waals surface area contributed by atoms with Crippen LogP contribution in [-0.4, -0.2) is 16.7 Å². The minimum absolute atomic E-state index is 0.155. The molecule has 3 aromatic carbocycles. The summed E-state index contributed by atoms with van der Waals surface area (Å²) in [6, 6.07) is 20.2. The van der Waals surface area contributed by atoms with Gasteiger partial charge in [0.1, 0.15) is 5.57 Å². The summed E-state index contributed by atoms with van der Waals surface area (Å²) in [7, 11) is 0. The minimum Gasteiger partial charge on any atom is -0.322 e. The van der Waals surface area contributed by atoms with Crippen molar-refractivity contribution < 1.29 is 14.5 Å². The monoisotopic (exact) mass is 415 g/mol. The van der Waals surface area contributed by atoms with E-state index in [0.717, 1.165) is 11.1 Å². The molecule has 0 aliphatic carbocycles. The van der Waals surface area contributed by atoms with Gasteiger partial charge in [-0.3, -0.25) is 19.7 Å². The van der Waals surface area contributed by atoms with E-state index in [9.17, 15) is 19.7 Å². The number of nitro groups is 1. The van der Waals surface area contributed by atoms with Crippen LogP contribution in [-0.2, 0) is 9.59 Å². The molecule has 0 heterocycles. The molecule has 0 fully saturated rings. The molecular formula is C24H21N3O4. The molecule has 0 aliphatic heterocycles. The topological polar surface area (TPSA) is 101 Å². The molecular weight excluding hydrogens is 394 g/mol. The first-order valence-corrected chi connectivity index (χ1v) is 9.56. The van der Waals surface area contributed by atoms with Gasteiger partial charge in [-0.1, -0.05) is 48.5 Å². The molecule has 0 atom stereocenters. The van der Waals surface area contributed by atoms with Crippen molar-refractivity contribution in [3.8, 4) is 0 Å². The Labute approximate surface area is 179 Å². The van der Waals surface area contributed by atoms with Crippen molar-refractivity contribution in [1.29, 1.82) is 0 Å². The van der Waals surface area contributed by atoms with Crippen molar-refractivity contribution in [1.82, 2.24) is 0 Å². The van der Waals surface area contributed by atoms with Gasteiger partial charge in [-0.25, -0.2) is 0 Å². The first-order chi connectivity index (χ1) is 14.9. The van der Waals surface area contributed by atoms with E-state index in [0.29, 0.717) is 11.4 Å². The number of carbonyl (C=O) groups excluding carboxylic acids is 2. The number of amides is 2. The molecule has 0 saturated heterocycles. The van der Waals surface area contributed by atoms with E-state index in [1.54, 1.807) is 30.3 Å². The average Bonchev–Trinajstić information content (AvgIpc) is 2.75. The number of hydrogen-bond acceptors (Lipinski definition) is 4. The van der Waals surface area contributed by atoms with Gasteiger partial charge in [-0.15, -0.1) is 0 Å². The molecule has 0 bridgehead atoms. The highest BCUT2D eigenvalue weighted by Crippen LogP contribution is 2.23. The second-order valence-electron chi connectivity index (χ2n) is 6.91. The Morgan fingerprint density at radius 3 is 1.71 bits per heavy atom. The van der Waals surface area contributed by atoms with Gasteiger partial charge in [0.05, 0.1) is 10.5 Å². The summed E-state index contributed by atoms with van der Waals surface area (Å²) >= 11 is 0. The van der Waals surface area contributed by atoms with Crippen LogP contribution >= 0.6 is 0 Å². The van der Waals surface area contributed by atoms with E-state index in [4.69, 9.17) is 0 Å². The Bertz CT molecular complexity index is 1120. The third-order valence-corrected chi connectivity index (χ3v) is 4.71. The maximum Gasteiger partial charge on any atom is 0.276 e. The molecule has 2 N–H and O–H groups in total. The van der Waals surface area contributed by atoms with Crippen LogP contribution in [0.25, 0.3) is 6.08 Å². The molecule has 0 radical (unpaired) electrons. The molecule has 31 heavy (non-hydrogen) atoms. The molecule has 7 nitrogen and oxygen atoms in total. The maximum atomic E-state index is 13.1. The van der Waals surface area contributed by atoms with Crippen molar-refractivity contribution in [2.24, 2.45) is 0 Å². The van der Waals surface area contributed by atoms with E-state index < -0.39 is 16.7 Å². The summed E-state index contributed by atoms with van der Waals surface area (Å²) < 4.78 is 0. The van der Waals surface area contributed by atoms with Crippen LogP contribution < -0.4 is 10.6 Å². The van der Waals surface area contributed by atoms with E-state index in [1.807, 2.05) is 38.1 Å². The fourth-order valence-corrected chi connectivity index (χ4v) is 2.97. The largest absolute Gasteiger partial charge is 0.322 e. The van der Waals surface area contributed by atoms with Crippen molar-refractivity contribution in [2.75, 3.05) is 10.6 Å². The highest BCUT2D eigenvalue weighted by molar-refractivity contribution is 6.29. The van der Waals surface area contributed by atoms with Gasteiger partial charge in [-0.2, -0.15) is 0 Å². The number of para-hydroxylation sites is 3. The van der Waals surface area contributed by atoms with Crippen LogP contribution in [0, 0.1) is 24.0 Å². The van der Waals surface area contributed by atoms with E-state index in [2.05, 4.69) is 10.6 Å². The zero-order valence-corrected chi connectivity index (χ0v) is 17.1. The molecule has 0 saturated carbocycles. The normalized spacial score (nSPS) is 10.1. The van der Waals surface area contributed by atoms with Crippen molar-refractivity contribution in [3.63, 3.8) is 0 Å². The quantitative estimate of drug-likeness (QED) is 0.197. The lowest BCUT2D eigenvalue weighted by Gasteiger charge is -2.13. The van der Waals surface area contributed by atoms with Gasteiger partial charge in [0, 0.05) is 17.4 Å². The summed E-state index contributed by atoms with van der Waals surface area (Å²) in [5.41, 5.74) is 2.44. The SMILES string of the molecule is Cc1ccccc1NC(=O)C(=Cc1ccccc1[N+](=O)[O-])C(=O)Nc1ccccc1C. The van der Waals surface area contributed by atoms with Crippen LogP contribution in [0.1, 0.15) is 16.7 Å². The Hall–Kier alpha value is -4.26. The van der Waals surface area contributed by atoms with Gasteiger partial charge < -0.3 is 10.6 Å². The van der Waals surface area contributed by atoms with Gasteiger partial charge in [0.25, 0.3) is 17.5 Å². The zero-order valence-electron chi connectivity index (χ0n) is 17.1. The number of nitrogens with one attached hydrogen (secondary N) is 2. The number of aryl methyl sites for hydroxylation is 2. The van der Waals surface area contributed by atoms with Gasteiger partial charge in [0.15, 0.2) is 0 Å². The predicted molar refractivity (Wildman–Crippen MR) is 121 cm³/mol. The zero-order chi connectivity index (χ0) is 22.4. The fraction of sp³-hybridized carbons (Fsp3) is 0.0833. The number of hydrogen-bond donors (Lipinski definition) is 2. The Balaban J connectivity index is 2.02. The Kier molecular flexibility index (Phi) is 6.57. The molecule has 0 aromatic heterocycles. The van der Waals surface area contributed by atoms with Crippen LogP contribution in [0.2, 0.25) is 0 Å². The highest BCUT2D eigenvalue weighted by atomic mass is 16.6. The van der Waals surface area contributed by atoms with Crippen molar-refractivity contribution in [3.05, 3.63) is 105 Å². The highest BCUT2D eigenvalue weighted by Gasteiger charge is 2.22. The Morgan fingerprint density at radius 2 is 1.23 bits per heavy atom. The van der Waals surface area contributed by atoms with Crippen LogP contribution in [0.15, 0.2) is 78.4 Å². The number of nitro benzene ring substituents is 1. The predicted octanol–water partition coefficient (Wildman–Crippen LogP) is 4.87.